The van der Waals surface area contributed by atoms with Gasteiger partial charge in [-0.1, -0.05) is 6.07 Å². The third-order valence-electron chi connectivity index (χ3n) is 3.24. The van der Waals surface area contributed by atoms with E-state index in [1.54, 1.807) is 29.8 Å². The van der Waals surface area contributed by atoms with Crippen molar-refractivity contribution in [2.75, 3.05) is 12.4 Å². The molecule has 0 unspecified atom stereocenters. The first-order valence-electron chi connectivity index (χ1n) is 7.14. The predicted octanol–water partition coefficient (Wildman–Crippen LogP) is 1.41. The summed E-state index contributed by atoms with van der Waals surface area (Å²) >= 11 is 0. The van der Waals surface area contributed by atoms with Crippen molar-refractivity contribution < 1.29 is 9.53 Å². The van der Waals surface area contributed by atoms with Gasteiger partial charge in [-0.05, 0) is 25.1 Å². The van der Waals surface area contributed by atoms with E-state index in [0.29, 0.717) is 29.6 Å². The molecule has 0 fully saturated rings. The maximum Gasteiger partial charge on any atom is 0.231 e. The molecule has 0 saturated heterocycles. The molecule has 0 aliphatic heterocycles. The molecule has 0 aliphatic carbocycles. The quantitative estimate of drug-likeness (QED) is 0.765. The first-order chi connectivity index (χ1) is 11.2. The van der Waals surface area contributed by atoms with Gasteiger partial charge in [0, 0.05) is 24.6 Å². The number of nitrogens with one attached hydrogen (secondary N) is 1. The molecule has 0 bridgehead atoms. The summed E-state index contributed by atoms with van der Waals surface area (Å²) in [7, 11) is 1.54. The van der Waals surface area contributed by atoms with E-state index in [1.807, 2.05) is 19.1 Å². The minimum atomic E-state index is -0.136. The van der Waals surface area contributed by atoms with Gasteiger partial charge >= 0.3 is 0 Å². The van der Waals surface area contributed by atoms with Crippen molar-refractivity contribution in [2.45, 2.75) is 19.8 Å². The van der Waals surface area contributed by atoms with Gasteiger partial charge in [0.05, 0.1) is 7.11 Å². The zero-order chi connectivity index (χ0) is 16.2. The number of carbonyl (C=O) groups is 1. The van der Waals surface area contributed by atoms with Crippen LogP contribution in [0.15, 0.2) is 30.3 Å². The van der Waals surface area contributed by atoms with E-state index in [4.69, 9.17) is 4.74 Å². The number of methoxy groups -OCH3 is 1. The van der Waals surface area contributed by atoms with Crippen molar-refractivity contribution in [1.29, 1.82) is 0 Å². The van der Waals surface area contributed by atoms with Gasteiger partial charge in [-0.3, -0.25) is 4.79 Å². The minimum Gasteiger partial charge on any atom is -0.480 e. The van der Waals surface area contributed by atoms with Crippen LogP contribution in [-0.4, -0.2) is 37.8 Å². The molecular formula is C15H16N6O2. The number of ether oxygens (including phenoxy) is 1. The number of fused-ring (bicyclic) bond motifs is 1. The van der Waals surface area contributed by atoms with Gasteiger partial charge in [0.25, 0.3) is 0 Å². The molecular weight excluding hydrogens is 296 g/mol. The average Bonchev–Trinajstić information content (AvgIpc) is 2.95. The Morgan fingerprint density at radius 2 is 2.13 bits per heavy atom. The van der Waals surface area contributed by atoms with Crippen LogP contribution in [0.1, 0.15) is 17.9 Å². The Balaban J connectivity index is 1.67. The summed E-state index contributed by atoms with van der Waals surface area (Å²) in [5.74, 6) is 1.47. The lowest BCUT2D eigenvalue weighted by molar-refractivity contribution is -0.116. The van der Waals surface area contributed by atoms with Crippen LogP contribution in [-0.2, 0) is 11.2 Å². The molecule has 118 valence electrons. The summed E-state index contributed by atoms with van der Waals surface area (Å²) in [5.41, 5.74) is 1.46. The highest BCUT2D eigenvalue weighted by atomic mass is 16.5. The Kier molecular flexibility index (Phi) is 4.13. The number of carbonyl (C=O) groups excluding carboxylic acids is 1. The van der Waals surface area contributed by atoms with E-state index in [0.717, 1.165) is 5.69 Å². The Morgan fingerprint density at radius 1 is 1.26 bits per heavy atom. The fourth-order valence-corrected chi connectivity index (χ4v) is 2.12. The number of amides is 1. The highest BCUT2D eigenvalue weighted by molar-refractivity contribution is 5.89. The third kappa shape index (κ3) is 3.42. The van der Waals surface area contributed by atoms with Gasteiger partial charge in [0.2, 0.25) is 11.8 Å². The van der Waals surface area contributed by atoms with Crippen molar-refractivity contribution in [2.24, 2.45) is 0 Å². The van der Waals surface area contributed by atoms with E-state index >= 15 is 0 Å². The van der Waals surface area contributed by atoms with Crippen LogP contribution in [0.3, 0.4) is 0 Å². The van der Waals surface area contributed by atoms with Crippen molar-refractivity contribution >= 4 is 17.4 Å². The molecule has 1 N–H and O–H groups in total. The smallest absolute Gasteiger partial charge is 0.231 e. The molecule has 8 heteroatoms. The number of hydrogen-bond acceptors (Lipinski definition) is 6. The van der Waals surface area contributed by atoms with E-state index in [9.17, 15) is 4.79 Å². The Hall–Kier alpha value is -3.03. The van der Waals surface area contributed by atoms with Crippen LogP contribution in [0.5, 0.6) is 5.88 Å². The summed E-state index contributed by atoms with van der Waals surface area (Å²) in [6, 6.07) is 8.95. The monoisotopic (exact) mass is 312 g/mol. The Morgan fingerprint density at radius 3 is 2.91 bits per heavy atom. The summed E-state index contributed by atoms with van der Waals surface area (Å²) in [6.07, 6.45) is 0.675. The lowest BCUT2D eigenvalue weighted by atomic mass is 10.3. The number of aryl methyl sites for hydroxylation is 2. The molecule has 23 heavy (non-hydrogen) atoms. The number of rotatable bonds is 5. The number of hydrogen-bond donors (Lipinski definition) is 1. The van der Waals surface area contributed by atoms with E-state index in [-0.39, 0.29) is 12.3 Å². The van der Waals surface area contributed by atoms with Gasteiger partial charge in [0.1, 0.15) is 5.82 Å². The number of nitrogens with zero attached hydrogens (tertiary/aromatic N) is 5. The fraction of sp³-hybridized carbons (Fsp3) is 0.267. The second kappa shape index (κ2) is 6.39. The second-order valence-electron chi connectivity index (χ2n) is 4.97. The topological polar surface area (TPSA) is 94.3 Å². The third-order valence-corrected chi connectivity index (χ3v) is 3.24. The largest absolute Gasteiger partial charge is 0.480 e. The highest BCUT2D eigenvalue weighted by Crippen LogP contribution is 2.10. The van der Waals surface area contributed by atoms with Crippen LogP contribution >= 0.6 is 0 Å². The summed E-state index contributed by atoms with van der Waals surface area (Å²) < 4.78 is 6.67. The molecule has 3 aromatic rings. The lowest BCUT2D eigenvalue weighted by Gasteiger charge is -2.04. The molecule has 3 aromatic heterocycles. The average molecular weight is 312 g/mol. The normalized spacial score (nSPS) is 10.7. The first kappa shape index (κ1) is 14.9. The maximum atomic E-state index is 12.0. The van der Waals surface area contributed by atoms with E-state index < -0.39 is 0 Å². The zero-order valence-electron chi connectivity index (χ0n) is 12.9. The molecule has 0 saturated carbocycles. The molecule has 0 radical (unpaired) electrons. The molecule has 0 aliphatic rings. The number of pyridine rings is 1. The standard InChI is InChI=1S/C15H16N6O2/c1-10-4-3-5-11(16-10)17-14(22)8-6-12-18-19-13-7-9-15(23-2)20-21(12)13/h3-5,7,9H,6,8H2,1-2H3,(H,16,17,22). The lowest BCUT2D eigenvalue weighted by Crippen LogP contribution is -2.14. The summed E-state index contributed by atoms with van der Waals surface area (Å²) in [5, 5.41) is 15.1. The van der Waals surface area contributed by atoms with Gasteiger partial charge in [0.15, 0.2) is 11.5 Å². The van der Waals surface area contributed by atoms with Crippen molar-refractivity contribution in [3.63, 3.8) is 0 Å². The fourth-order valence-electron chi connectivity index (χ4n) is 2.12. The number of anilines is 1. The first-order valence-corrected chi connectivity index (χ1v) is 7.14. The van der Waals surface area contributed by atoms with Crippen LogP contribution in [0.4, 0.5) is 5.82 Å². The number of aromatic nitrogens is 5. The SMILES string of the molecule is COc1ccc2nnc(CCC(=O)Nc3cccc(C)n3)n2n1. The summed E-state index contributed by atoms with van der Waals surface area (Å²) in [6.45, 7) is 1.87. The van der Waals surface area contributed by atoms with E-state index in [2.05, 4.69) is 25.6 Å². The van der Waals surface area contributed by atoms with Gasteiger partial charge in [-0.25, -0.2) is 4.98 Å². The van der Waals surface area contributed by atoms with Crippen molar-refractivity contribution in [3.05, 3.63) is 41.9 Å². The Labute approximate surface area is 132 Å². The molecule has 0 aromatic carbocycles. The van der Waals surface area contributed by atoms with Crippen LogP contribution < -0.4 is 10.1 Å². The zero-order valence-corrected chi connectivity index (χ0v) is 12.9. The van der Waals surface area contributed by atoms with Gasteiger partial charge < -0.3 is 10.1 Å². The van der Waals surface area contributed by atoms with Crippen LogP contribution in [0.2, 0.25) is 0 Å². The van der Waals surface area contributed by atoms with Crippen molar-refractivity contribution in [1.82, 2.24) is 24.8 Å². The van der Waals surface area contributed by atoms with Crippen LogP contribution in [0, 0.1) is 6.92 Å². The molecule has 3 heterocycles. The summed E-state index contributed by atoms with van der Waals surface area (Å²) in [4.78, 5) is 16.3. The van der Waals surface area contributed by atoms with Crippen LogP contribution in [0.25, 0.3) is 5.65 Å². The Bertz CT molecular complexity index is 845. The second-order valence-corrected chi connectivity index (χ2v) is 4.97. The minimum absolute atomic E-state index is 0.136. The maximum absolute atomic E-state index is 12.0. The molecule has 0 atom stereocenters. The van der Waals surface area contributed by atoms with Gasteiger partial charge in [-0.2, -0.15) is 4.52 Å². The molecule has 3 rings (SSSR count). The molecule has 1 amide bonds. The highest BCUT2D eigenvalue weighted by Gasteiger charge is 2.11. The predicted molar refractivity (Wildman–Crippen MR) is 83.3 cm³/mol. The van der Waals surface area contributed by atoms with Crippen molar-refractivity contribution in [3.8, 4) is 5.88 Å². The van der Waals surface area contributed by atoms with Gasteiger partial charge in [-0.15, -0.1) is 15.3 Å². The van der Waals surface area contributed by atoms with E-state index in [1.165, 1.54) is 0 Å². The molecule has 0 spiro atoms. The molecule has 8 nitrogen and oxygen atoms in total.